The molecule has 0 radical (unpaired) electrons. The maximum Gasteiger partial charge on any atom is 0.0503 e. The van der Waals surface area contributed by atoms with Crippen LogP contribution in [0.4, 0.5) is 22.7 Å². The van der Waals surface area contributed by atoms with Gasteiger partial charge in [0, 0.05) is 35.4 Å². The summed E-state index contributed by atoms with van der Waals surface area (Å²) >= 11 is 0. The van der Waals surface area contributed by atoms with Crippen LogP contribution >= 0.6 is 0 Å². The summed E-state index contributed by atoms with van der Waals surface area (Å²) in [5.41, 5.74) is 29.0. The van der Waals surface area contributed by atoms with Gasteiger partial charge in [0.15, 0.2) is 0 Å². The van der Waals surface area contributed by atoms with E-state index in [1.807, 2.05) is 18.2 Å². The van der Waals surface area contributed by atoms with Crippen LogP contribution in [-0.2, 0) is 11.2 Å². The molecule has 2 aromatic carbocycles. The van der Waals surface area contributed by atoms with E-state index in [2.05, 4.69) is 0 Å². The first-order valence-corrected chi connectivity index (χ1v) is 6.35. The van der Waals surface area contributed by atoms with Gasteiger partial charge >= 0.3 is 0 Å². The molecule has 8 N–H and O–H groups in total. The lowest BCUT2D eigenvalue weighted by Gasteiger charge is -2.15. The van der Waals surface area contributed by atoms with Gasteiger partial charge in [0.25, 0.3) is 0 Å². The summed E-state index contributed by atoms with van der Waals surface area (Å²) in [6.45, 7) is 0.579. The van der Waals surface area contributed by atoms with Gasteiger partial charge in [-0.05, 0) is 41.8 Å². The quantitative estimate of drug-likeness (QED) is 0.634. The first kappa shape index (κ1) is 14.0. The topological polar surface area (TPSA) is 113 Å². The van der Waals surface area contributed by atoms with Crippen LogP contribution < -0.4 is 22.9 Å². The summed E-state index contributed by atoms with van der Waals surface area (Å²) in [5, 5.41) is 0. The van der Waals surface area contributed by atoms with Gasteiger partial charge in [-0.25, -0.2) is 0 Å². The second-order valence-electron chi connectivity index (χ2n) is 4.73. The molecule has 0 aliphatic carbocycles. The van der Waals surface area contributed by atoms with Gasteiger partial charge in [-0.1, -0.05) is 6.07 Å². The molecular formula is C15H20N4O. The zero-order valence-corrected chi connectivity index (χ0v) is 11.5. The zero-order chi connectivity index (χ0) is 14.7. The van der Waals surface area contributed by atoms with Gasteiger partial charge in [0.1, 0.15) is 0 Å². The van der Waals surface area contributed by atoms with Gasteiger partial charge in [-0.2, -0.15) is 0 Å². The highest BCUT2D eigenvalue weighted by molar-refractivity contribution is 5.85. The average Bonchev–Trinajstić information content (AvgIpc) is 2.37. The Hall–Kier alpha value is -2.40. The number of anilines is 4. The summed E-state index contributed by atoms with van der Waals surface area (Å²) < 4.78 is 5.13. The Morgan fingerprint density at radius 1 is 0.850 bits per heavy atom. The molecule has 20 heavy (non-hydrogen) atoms. The zero-order valence-electron chi connectivity index (χ0n) is 11.5. The van der Waals surface area contributed by atoms with Crippen molar-refractivity contribution in [3.05, 3.63) is 35.9 Å². The molecular weight excluding hydrogens is 252 g/mol. The molecule has 0 fully saturated rings. The van der Waals surface area contributed by atoms with Crippen LogP contribution in [0.3, 0.4) is 0 Å². The second-order valence-corrected chi connectivity index (χ2v) is 4.73. The number of methoxy groups -OCH3 is 1. The van der Waals surface area contributed by atoms with E-state index in [1.165, 1.54) is 0 Å². The van der Waals surface area contributed by atoms with Crippen LogP contribution in [0.1, 0.15) is 5.56 Å². The smallest absolute Gasteiger partial charge is 0.0503 e. The minimum absolute atomic E-state index is 0.579. The first-order chi connectivity index (χ1) is 9.52. The lowest BCUT2D eigenvalue weighted by molar-refractivity contribution is 0.202. The highest BCUT2D eigenvalue weighted by Crippen LogP contribution is 2.35. The second kappa shape index (κ2) is 5.71. The van der Waals surface area contributed by atoms with E-state index in [4.69, 9.17) is 27.7 Å². The largest absolute Gasteiger partial charge is 0.399 e. The number of rotatable bonds is 4. The van der Waals surface area contributed by atoms with Crippen LogP contribution in [0.5, 0.6) is 0 Å². The molecule has 2 aromatic rings. The maximum atomic E-state index is 6.08. The van der Waals surface area contributed by atoms with Crippen molar-refractivity contribution in [2.45, 2.75) is 6.42 Å². The van der Waals surface area contributed by atoms with Crippen molar-refractivity contribution in [3.63, 3.8) is 0 Å². The molecule has 0 aromatic heterocycles. The molecule has 0 saturated heterocycles. The average molecular weight is 272 g/mol. The van der Waals surface area contributed by atoms with Crippen molar-refractivity contribution in [2.75, 3.05) is 36.7 Å². The normalized spacial score (nSPS) is 10.7. The summed E-state index contributed by atoms with van der Waals surface area (Å²) in [7, 11) is 1.66. The lowest BCUT2D eigenvalue weighted by Crippen LogP contribution is -2.04. The van der Waals surface area contributed by atoms with Crippen molar-refractivity contribution in [3.8, 4) is 11.1 Å². The Labute approximate surface area is 118 Å². The van der Waals surface area contributed by atoms with Crippen LogP contribution in [0.15, 0.2) is 30.3 Å². The van der Waals surface area contributed by atoms with Crippen LogP contribution in [-0.4, -0.2) is 13.7 Å². The van der Waals surface area contributed by atoms with E-state index in [0.717, 1.165) is 16.7 Å². The highest BCUT2D eigenvalue weighted by atomic mass is 16.5. The monoisotopic (exact) mass is 272 g/mol. The molecule has 0 unspecified atom stereocenters. The van der Waals surface area contributed by atoms with Crippen molar-refractivity contribution in [2.24, 2.45) is 0 Å². The minimum atomic E-state index is 0.579. The third-order valence-electron chi connectivity index (χ3n) is 3.23. The fourth-order valence-electron chi connectivity index (χ4n) is 2.27. The molecule has 0 bridgehead atoms. The Bertz CT molecular complexity index is 626. The van der Waals surface area contributed by atoms with Gasteiger partial charge in [-0.15, -0.1) is 0 Å². The Balaban J connectivity index is 2.59. The van der Waals surface area contributed by atoms with E-state index in [-0.39, 0.29) is 0 Å². The molecule has 106 valence electrons. The fourth-order valence-corrected chi connectivity index (χ4v) is 2.27. The van der Waals surface area contributed by atoms with E-state index in [1.54, 1.807) is 19.2 Å². The SMILES string of the molecule is COCCc1c(N)cc(N)cc1-c1ccc(N)cc1N. The van der Waals surface area contributed by atoms with Crippen LogP contribution in [0.2, 0.25) is 0 Å². The molecule has 5 nitrogen and oxygen atoms in total. The van der Waals surface area contributed by atoms with Gasteiger partial charge in [0.05, 0.1) is 6.61 Å². The number of benzene rings is 2. The van der Waals surface area contributed by atoms with Crippen LogP contribution in [0, 0.1) is 0 Å². The number of nitrogens with two attached hydrogens (primary N) is 4. The van der Waals surface area contributed by atoms with Gasteiger partial charge in [-0.3, -0.25) is 0 Å². The van der Waals surface area contributed by atoms with Crippen molar-refractivity contribution in [1.29, 1.82) is 0 Å². The third kappa shape index (κ3) is 2.78. The Morgan fingerprint density at radius 2 is 1.55 bits per heavy atom. The van der Waals surface area contributed by atoms with Crippen LogP contribution in [0.25, 0.3) is 11.1 Å². The summed E-state index contributed by atoms with van der Waals surface area (Å²) in [4.78, 5) is 0. The van der Waals surface area contributed by atoms with E-state index in [9.17, 15) is 0 Å². The molecule has 0 heterocycles. The van der Waals surface area contributed by atoms with Gasteiger partial charge in [0.2, 0.25) is 0 Å². The molecule has 5 heteroatoms. The molecule has 0 aliphatic heterocycles. The van der Waals surface area contributed by atoms with E-state index in [0.29, 0.717) is 35.8 Å². The molecule has 0 spiro atoms. The molecule has 0 saturated carbocycles. The molecule has 0 atom stereocenters. The minimum Gasteiger partial charge on any atom is -0.399 e. The standard InChI is InChI=1S/C15H20N4O/c1-20-5-4-12-13(6-10(17)8-15(12)19)11-3-2-9(16)7-14(11)18/h2-3,6-8H,4-5,16-19H2,1H3. The molecule has 2 rings (SSSR count). The first-order valence-electron chi connectivity index (χ1n) is 6.35. The fraction of sp³-hybridized carbons (Fsp3) is 0.200. The Kier molecular flexibility index (Phi) is 4.00. The number of nitrogen functional groups attached to an aromatic ring is 4. The third-order valence-corrected chi connectivity index (χ3v) is 3.23. The van der Waals surface area contributed by atoms with Crippen molar-refractivity contribution >= 4 is 22.7 Å². The van der Waals surface area contributed by atoms with E-state index < -0.39 is 0 Å². The predicted molar refractivity (Wildman–Crippen MR) is 85.1 cm³/mol. The number of hydrogen-bond acceptors (Lipinski definition) is 5. The van der Waals surface area contributed by atoms with Crippen molar-refractivity contribution < 1.29 is 4.74 Å². The summed E-state index contributed by atoms with van der Waals surface area (Å²) in [6, 6.07) is 9.06. The Morgan fingerprint density at radius 3 is 2.20 bits per heavy atom. The van der Waals surface area contributed by atoms with E-state index >= 15 is 0 Å². The summed E-state index contributed by atoms with van der Waals surface area (Å²) in [6.07, 6.45) is 0.696. The molecule has 0 aliphatic rings. The van der Waals surface area contributed by atoms with Crippen molar-refractivity contribution in [1.82, 2.24) is 0 Å². The lowest BCUT2D eigenvalue weighted by atomic mass is 9.94. The summed E-state index contributed by atoms with van der Waals surface area (Å²) in [5.74, 6) is 0. The number of hydrogen-bond donors (Lipinski definition) is 4. The maximum absolute atomic E-state index is 6.08. The van der Waals surface area contributed by atoms with Gasteiger partial charge < -0.3 is 27.7 Å². The predicted octanol–water partition coefficient (Wildman–Crippen LogP) is 1.87. The number of ether oxygens (including phenoxy) is 1. The highest BCUT2D eigenvalue weighted by Gasteiger charge is 2.12. The molecule has 0 amide bonds.